The molecule has 1 aromatic carbocycles. The maximum absolute atomic E-state index is 14.1. The second kappa shape index (κ2) is 8.46. The fraction of sp³-hybridized carbons (Fsp3) is 0.421. The minimum absolute atomic E-state index is 0. The van der Waals surface area contributed by atoms with Crippen LogP contribution in [0.15, 0.2) is 30.6 Å². The number of hydrogen-bond donors (Lipinski definition) is 1. The summed E-state index contributed by atoms with van der Waals surface area (Å²) in [5, 5.41) is 3.27. The number of carbonyl (C=O) groups is 2. The molecule has 3 heterocycles. The Hall–Kier alpha value is -2.52. The van der Waals surface area contributed by atoms with Crippen LogP contribution in [-0.4, -0.2) is 52.4 Å². The Morgan fingerprint density at radius 2 is 2.10 bits per heavy atom. The van der Waals surface area contributed by atoms with Crippen LogP contribution in [0, 0.1) is 17.6 Å². The predicted octanol–water partition coefficient (Wildman–Crippen LogP) is 1.65. The highest BCUT2D eigenvalue weighted by Crippen LogP contribution is 2.31. The Balaban J connectivity index is 0.00000240. The van der Waals surface area contributed by atoms with Crippen LogP contribution in [0.3, 0.4) is 0 Å². The van der Waals surface area contributed by atoms with Crippen LogP contribution in [0.4, 0.5) is 14.5 Å². The van der Waals surface area contributed by atoms with Crippen LogP contribution in [-0.2, 0) is 16.6 Å². The molecule has 2 aliphatic rings. The van der Waals surface area contributed by atoms with Crippen molar-refractivity contribution < 1.29 is 18.4 Å². The molecule has 2 amide bonds. The standard InChI is InChI=1S/C19H21F2N5O2.ClH/c1-24-6-5-23-18(24)16-10-22-4-7-25(16)19(28)12-8-17(27)26(11-12)15-3-2-13(20)9-14(15)21;/h2-3,5-6,9,12,16,22H,4,7-8,10-11H2,1H3;1H. The van der Waals surface area contributed by atoms with Crippen molar-refractivity contribution in [2.45, 2.75) is 12.5 Å². The summed E-state index contributed by atoms with van der Waals surface area (Å²) in [4.78, 5) is 33.0. The third-order valence-corrected chi connectivity index (χ3v) is 5.36. The van der Waals surface area contributed by atoms with Gasteiger partial charge in [-0.05, 0) is 12.1 Å². The van der Waals surface area contributed by atoms with E-state index in [-0.39, 0.29) is 48.9 Å². The van der Waals surface area contributed by atoms with Crippen molar-refractivity contribution in [3.05, 3.63) is 48.1 Å². The van der Waals surface area contributed by atoms with Crippen molar-refractivity contribution in [3.63, 3.8) is 0 Å². The number of aryl methyl sites for hydroxylation is 1. The number of aromatic nitrogens is 2. The number of piperazine rings is 1. The highest BCUT2D eigenvalue weighted by atomic mass is 35.5. The first-order valence-corrected chi connectivity index (χ1v) is 9.19. The molecule has 2 aliphatic heterocycles. The minimum Gasteiger partial charge on any atom is -0.336 e. The molecule has 10 heteroatoms. The van der Waals surface area contributed by atoms with Gasteiger partial charge in [0.15, 0.2) is 0 Å². The predicted molar refractivity (Wildman–Crippen MR) is 105 cm³/mol. The van der Waals surface area contributed by atoms with E-state index in [4.69, 9.17) is 0 Å². The Morgan fingerprint density at radius 3 is 2.79 bits per heavy atom. The molecule has 2 unspecified atom stereocenters. The van der Waals surface area contributed by atoms with Gasteiger partial charge in [0.05, 0.1) is 11.6 Å². The number of amides is 2. The number of halogens is 3. The summed E-state index contributed by atoms with van der Waals surface area (Å²) in [7, 11) is 1.87. The molecule has 0 spiro atoms. The molecule has 1 N–H and O–H groups in total. The highest BCUT2D eigenvalue weighted by molar-refractivity contribution is 6.00. The fourth-order valence-electron chi connectivity index (χ4n) is 3.94. The molecule has 0 radical (unpaired) electrons. The number of hydrogen-bond acceptors (Lipinski definition) is 4. The number of imidazole rings is 1. The summed E-state index contributed by atoms with van der Waals surface area (Å²) in [6, 6.07) is 2.85. The summed E-state index contributed by atoms with van der Waals surface area (Å²) in [5.74, 6) is -1.81. The normalized spacial score (nSPS) is 22.0. The lowest BCUT2D eigenvalue weighted by molar-refractivity contribution is -0.139. The summed E-state index contributed by atoms with van der Waals surface area (Å²) >= 11 is 0. The lowest BCUT2D eigenvalue weighted by atomic mass is 10.0. The average molecular weight is 426 g/mol. The third kappa shape index (κ3) is 3.97. The number of nitrogens with zero attached hydrogens (tertiary/aromatic N) is 4. The molecule has 0 saturated carbocycles. The SMILES string of the molecule is Cl.Cn1ccnc1C1CNCCN1C(=O)C1CC(=O)N(c2ccc(F)cc2F)C1. The number of benzene rings is 1. The van der Waals surface area contributed by atoms with Gasteiger partial charge in [0.25, 0.3) is 0 Å². The molecule has 1 aromatic heterocycles. The lowest BCUT2D eigenvalue weighted by Crippen LogP contribution is -2.51. The average Bonchev–Trinajstić information content (AvgIpc) is 3.27. The lowest BCUT2D eigenvalue weighted by Gasteiger charge is -2.37. The second-order valence-corrected chi connectivity index (χ2v) is 7.15. The molecule has 7 nitrogen and oxygen atoms in total. The molecule has 2 saturated heterocycles. The summed E-state index contributed by atoms with van der Waals surface area (Å²) in [5.41, 5.74) is 0.00246. The third-order valence-electron chi connectivity index (χ3n) is 5.36. The van der Waals surface area contributed by atoms with E-state index in [1.165, 1.54) is 11.0 Å². The first-order valence-electron chi connectivity index (χ1n) is 9.19. The first-order chi connectivity index (χ1) is 13.5. The summed E-state index contributed by atoms with van der Waals surface area (Å²) in [6.07, 6.45) is 3.52. The molecule has 0 aliphatic carbocycles. The van der Waals surface area contributed by atoms with Crippen molar-refractivity contribution in [1.82, 2.24) is 19.8 Å². The van der Waals surface area contributed by atoms with Crippen molar-refractivity contribution in [2.75, 3.05) is 31.1 Å². The molecular formula is C19H22ClF2N5O2. The van der Waals surface area contributed by atoms with Crippen LogP contribution >= 0.6 is 12.4 Å². The number of rotatable bonds is 3. The van der Waals surface area contributed by atoms with E-state index in [0.717, 1.165) is 18.0 Å². The maximum Gasteiger partial charge on any atom is 0.228 e. The van der Waals surface area contributed by atoms with Gasteiger partial charge < -0.3 is 19.7 Å². The van der Waals surface area contributed by atoms with Gasteiger partial charge >= 0.3 is 0 Å². The van der Waals surface area contributed by atoms with Crippen LogP contribution in [0.25, 0.3) is 0 Å². The molecule has 156 valence electrons. The van der Waals surface area contributed by atoms with E-state index in [1.807, 2.05) is 17.8 Å². The molecule has 2 fully saturated rings. The van der Waals surface area contributed by atoms with Crippen LogP contribution in [0.5, 0.6) is 0 Å². The number of anilines is 1. The van der Waals surface area contributed by atoms with Crippen LogP contribution in [0.1, 0.15) is 18.3 Å². The van der Waals surface area contributed by atoms with Crippen molar-refractivity contribution >= 4 is 29.9 Å². The molecular weight excluding hydrogens is 404 g/mol. The minimum atomic E-state index is -0.811. The van der Waals surface area contributed by atoms with Crippen molar-refractivity contribution in [2.24, 2.45) is 13.0 Å². The van der Waals surface area contributed by atoms with E-state index >= 15 is 0 Å². The smallest absolute Gasteiger partial charge is 0.228 e. The quantitative estimate of drug-likeness (QED) is 0.811. The highest BCUT2D eigenvalue weighted by Gasteiger charge is 2.41. The Kier molecular flexibility index (Phi) is 6.18. The van der Waals surface area contributed by atoms with Crippen LogP contribution < -0.4 is 10.2 Å². The van der Waals surface area contributed by atoms with Gasteiger partial charge in [-0.15, -0.1) is 12.4 Å². The molecule has 29 heavy (non-hydrogen) atoms. The summed E-state index contributed by atoms with van der Waals surface area (Å²) < 4.78 is 29.1. The van der Waals surface area contributed by atoms with E-state index in [9.17, 15) is 18.4 Å². The molecule has 4 rings (SSSR count). The zero-order valence-electron chi connectivity index (χ0n) is 15.8. The zero-order chi connectivity index (χ0) is 19.8. The van der Waals surface area contributed by atoms with E-state index < -0.39 is 17.6 Å². The van der Waals surface area contributed by atoms with E-state index in [0.29, 0.717) is 19.6 Å². The maximum atomic E-state index is 14.1. The van der Waals surface area contributed by atoms with Gasteiger partial charge in [-0.3, -0.25) is 9.59 Å². The van der Waals surface area contributed by atoms with Gasteiger partial charge in [-0.25, -0.2) is 13.8 Å². The zero-order valence-corrected chi connectivity index (χ0v) is 16.7. The second-order valence-electron chi connectivity index (χ2n) is 7.15. The van der Waals surface area contributed by atoms with Gasteiger partial charge in [0.1, 0.15) is 23.5 Å². The molecule has 2 atom stereocenters. The Bertz CT molecular complexity index is 922. The summed E-state index contributed by atoms with van der Waals surface area (Å²) in [6.45, 7) is 1.82. The van der Waals surface area contributed by atoms with E-state index in [1.54, 1.807) is 11.1 Å². The first kappa shape index (κ1) is 21.2. The van der Waals surface area contributed by atoms with E-state index in [2.05, 4.69) is 10.3 Å². The van der Waals surface area contributed by atoms with Crippen LogP contribution in [0.2, 0.25) is 0 Å². The largest absolute Gasteiger partial charge is 0.336 e. The van der Waals surface area contributed by atoms with Gasteiger partial charge in [0.2, 0.25) is 11.8 Å². The van der Waals surface area contributed by atoms with Gasteiger partial charge in [0, 0.05) is 58.1 Å². The molecule has 2 aromatic rings. The van der Waals surface area contributed by atoms with Gasteiger partial charge in [-0.1, -0.05) is 0 Å². The van der Waals surface area contributed by atoms with Crippen molar-refractivity contribution in [1.29, 1.82) is 0 Å². The number of nitrogens with one attached hydrogen (secondary N) is 1. The Morgan fingerprint density at radius 1 is 1.31 bits per heavy atom. The monoisotopic (exact) mass is 425 g/mol. The topological polar surface area (TPSA) is 70.5 Å². The molecule has 0 bridgehead atoms. The van der Waals surface area contributed by atoms with Gasteiger partial charge in [-0.2, -0.15) is 0 Å². The fourth-order valence-corrected chi connectivity index (χ4v) is 3.94. The number of carbonyl (C=O) groups excluding carboxylic acids is 2. The Labute approximate surface area is 173 Å². The van der Waals surface area contributed by atoms with Crippen molar-refractivity contribution in [3.8, 4) is 0 Å².